The highest BCUT2D eigenvalue weighted by molar-refractivity contribution is 7.15. The molecule has 2 amide bonds. The predicted octanol–water partition coefficient (Wildman–Crippen LogP) is 2.58. The van der Waals surface area contributed by atoms with E-state index in [9.17, 15) is 9.59 Å². The van der Waals surface area contributed by atoms with E-state index >= 15 is 0 Å². The van der Waals surface area contributed by atoms with Gasteiger partial charge in [0, 0.05) is 30.4 Å². The number of ether oxygens (including phenoxy) is 1. The zero-order valence-electron chi connectivity index (χ0n) is 14.3. The molecule has 2 aliphatic heterocycles. The number of fused-ring (bicyclic) bond motifs is 1. The van der Waals surface area contributed by atoms with E-state index in [1.54, 1.807) is 0 Å². The van der Waals surface area contributed by atoms with Gasteiger partial charge in [-0.3, -0.25) is 14.9 Å². The van der Waals surface area contributed by atoms with Crippen LogP contribution in [0.4, 0.5) is 5.13 Å². The summed E-state index contributed by atoms with van der Waals surface area (Å²) in [6.45, 7) is 6.10. The number of amides is 2. The second-order valence-corrected chi connectivity index (χ2v) is 7.49. The van der Waals surface area contributed by atoms with Crippen molar-refractivity contribution in [2.45, 2.75) is 58.6 Å². The van der Waals surface area contributed by atoms with Gasteiger partial charge >= 0.3 is 0 Å². The van der Waals surface area contributed by atoms with E-state index < -0.39 is 0 Å². The maximum atomic E-state index is 12.6. The lowest BCUT2D eigenvalue weighted by molar-refractivity contribution is -0.136. The third kappa shape index (κ3) is 3.62. The zero-order chi connectivity index (χ0) is 17.1. The molecule has 0 bridgehead atoms. The molecular formula is C17H25N3O3S. The molecule has 1 fully saturated rings. The van der Waals surface area contributed by atoms with Crippen molar-refractivity contribution in [3.05, 3.63) is 10.6 Å². The molecule has 0 aliphatic carbocycles. The quantitative estimate of drug-likeness (QED) is 0.885. The lowest BCUT2D eigenvalue weighted by atomic mass is 10.0. The third-order valence-corrected chi connectivity index (χ3v) is 5.83. The first-order chi connectivity index (χ1) is 11.6. The number of hydrogen-bond donors (Lipinski definition) is 1. The monoisotopic (exact) mass is 351 g/mol. The Kier molecular flexibility index (Phi) is 5.50. The lowest BCUT2D eigenvalue weighted by Crippen LogP contribution is -2.39. The highest BCUT2D eigenvalue weighted by Gasteiger charge is 2.29. The number of aromatic nitrogens is 1. The molecule has 24 heavy (non-hydrogen) atoms. The first-order valence-electron chi connectivity index (χ1n) is 8.82. The van der Waals surface area contributed by atoms with Crippen LogP contribution in [0.3, 0.4) is 0 Å². The Bertz CT molecular complexity index is 606. The van der Waals surface area contributed by atoms with E-state index in [1.165, 1.54) is 11.3 Å². The van der Waals surface area contributed by atoms with Crippen LogP contribution < -0.4 is 5.32 Å². The fourth-order valence-electron chi connectivity index (χ4n) is 3.30. The maximum Gasteiger partial charge on any atom is 0.255 e. The summed E-state index contributed by atoms with van der Waals surface area (Å²) < 4.78 is 5.40. The molecule has 6 nitrogen and oxygen atoms in total. The molecule has 1 aromatic heterocycles. The van der Waals surface area contributed by atoms with E-state index in [-0.39, 0.29) is 23.8 Å². The van der Waals surface area contributed by atoms with Gasteiger partial charge in [0.1, 0.15) is 6.10 Å². The third-order valence-electron chi connectivity index (χ3n) is 4.83. The molecule has 7 heteroatoms. The summed E-state index contributed by atoms with van der Waals surface area (Å²) in [7, 11) is 0. The van der Waals surface area contributed by atoms with Crippen LogP contribution in [0.5, 0.6) is 0 Å². The number of nitrogens with one attached hydrogen (secondary N) is 1. The standard InChI is InChI=1S/C17H25N3O3S/c1-3-11(4-2)16(22)20-8-7-12-14(10-20)24-17(18-12)19-15(21)13-6-5-9-23-13/h11,13H,3-10H2,1-2H3,(H,18,19,21). The van der Waals surface area contributed by atoms with E-state index in [2.05, 4.69) is 24.1 Å². The minimum Gasteiger partial charge on any atom is -0.368 e. The summed E-state index contributed by atoms with van der Waals surface area (Å²) in [6.07, 6.45) is 3.87. The maximum absolute atomic E-state index is 12.6. The molecule has 1 unspecified atom stereocenters. The molecule has 1 atom stereocenters. The van der Waals surface area contributed by atoms with Crippen LogP contribution in [-0.4, -0.2) is 41.0 Å². The first kappa shape index (κ1) is 17.4. The molecule has 1 N–H and O–H groups in total. The number of anilines is 1. The number of hydrogen-bond acceptors (Lipinski definition) is 5. The summed E-state index contributed by atoms with van der Waals surface area (Å²) in [5, 5.41) is 3.49. The highest BCUT2D eigenvalue weighted by atomic mass is 32.1. The van der Waals surface area contributed by atoms with Crippen molar-refractivity contribution in [2.75, 3.05) is 18.5 Å². The second kappa shape index (κ2) is 7.61. The average molecular weight is 351 g/mol. The van der Waals surface area contributed by atoms with Gasteiger partial charge in [-0.15, -0.1) is 0 Å². The van der Waals surface area contributed by atoms with Crippen molar-refractivity contribution >= 4 is 28.3 Å². The van der Waals surface area contributed by atoms with Gasteiger partial charge in [0.05, 0.1) is 12.2 Å². The number of thiazole rings is 1. The Balaban J connectivity index is 1.64. The van der Waals surface area contributed by atoms with Crippen molar-refractivity contribution in [1.29, 1.82) is 0 Å². The van der Waals surface area contributed by atoms with Gasteiger partial charge in [0.15, 0.2) is 5.13 Å². The average Bonchev–Trinajstić information content (AvgIpc) is 3.24. The van der Waals surface area contributed by atoms with E-state index in [1.807, 2.05) is 4.90 Å². The van der Waals surface area contributed by atoms with Crippen LogP contribution in [-0.2, 0) is 27.3 Å². The Morgan fingerprint density at radius 2 is 2.21 bits per heavy atom. The van der Waals surface area contributed by atoms with E-state index in [0.717, 1.165) is 42.7 Å². The number of carbonyl (C=O) groups is 2. The van der Waals surface area contributed by atoms with Gasteiger partial charge in [-0.1, -0.05) is 25.2 Å². The Labute approximate surface area is 146 Å². The van der Waals surface area contributed by atoms with Gasteiger partial charge in [0.2, 0.25) is 5.91 Å². The van der Waals surface area contributed by atoms with Gasteiger partial charge in [-0.2, -0.15) is 0 Å². The predicted molar refractivity (Wildman–Crippen MR) is 92.9 cm³/mol. The normalized spacial score (nSPS) is 20.3. The molecule has 3 rings (SSSR count). The molecule has 3 heterocycles. The van der Waals surface area contributed by atoms with E-state index in [4.69, 9.17) is 4.74 Å². The number of rotatable bonds is 5. The topological polar surface area (TPSA) is 71.5 Å². The number of carbonyl (C=O) groups excluding carboxylic acids is 2. The van der Waals surface area contributed by atoms with Gasteiger partial charge in [-0.05, 0) is 25.7 Å². The minimum absolute atomic E-state index is 0.108. The lowest BCUT2D eigenvalue weighted by Gasteiger charge is -2.29. The van der Waals surface area contributed by atoms with Crippen LogP contribution in [0.2, 0.25) is 0 Å². The van der Waals surface area contributed by atoms with Crippen molar-refractivity contribution in [3.63, 3.8) is 0 Å². The molecule has 0 saturated carbocycles. The molecule has 132 valence electrons. The second-order valence-electron chi connectivity index (χ2n) is 6.40. The van der Waals surface area contributed by atoms with Crippen LogP contribution >= 0.6 is 11.3 Å². The van der Waals surface area contributed by atoms with Crippen LogP contribution in [0, 0.1) is 5.92 Å². The fourth-order valence-corrected chi connectivity index (χ4v) is 4.33. The largest absolute Gasteiger partial charge is 0.368 e. The Morgan fingerprint density at radius 1 is 1.42 bits per heavy atom. The van der Waals surface area contributed by atoms with Crippen molar-refractivity contribution in [2.24, 2.45) is 5.92 Å². The summed E-state index contributed by atoms with van der Waals surface area (Å²) in [6, 6.07) is 0. The van der Waals surface area contributed by atoms with E-state index in [0.29, 0.717) is 24.8 Å². The van der Waals surface area contributed by atoms with Gasteiger partial charge in [-0.25, -0.2) is 4.98 Å². The summed E-state index contributed by atoms with van der Waals surface area (Å²) >= 11 is 1.48. The van der Waals surface area contributed by atoms with Crippen molar-refractivity contribution in [1.82, 2.24) is 9.88 Å². The highest BCUT2D eigenvalue weighted by Crippen LogP contribution is 2.30. The summed E-state index contributed by atoms with van der Waals surface area (Å²) in [5.41, 5.74) is 1.01. The summed E-state index contributed by atoms with van der Waals surface area (Å²) in [4.78, 5) is 32.2. The number of nitrogens with zero attached hydrogens (tertiary/aromatic N) is 2. The molecule has 2 aliphatic rings. The molecule has 1 saturated heterocycles. The van der Waals surface area contributed by atoms with Crippen LogP contribution in [0.1, 0.15) is 50.1 Å². The molecule has 0 aromatic carbocycles. The molecular weight excluding hydrogens is 326 g/mol. The Hall–Kier alpha value is -1.47. The van der Waals surface area contributed by atoms with Gasteiger partial charge in [0.25, 0.3) is 5.91 Å². The van der Waals surface area contributed by atoms with Crippen molar-refractivity contribution in [3.8, 4) is 0 Å². The fraction of sp³-hybridized carbons (Fsp3) is 0.706. The first-order valence-corrected chi connectivity index (χ1v) is 9.63. The molecule has 0 radical (unpaired) electrons. The molecule has 0 spiro atoms. The van der Waals surface area contributed by atoms with Crippen LogP contribution in [0.25, 0.3) is 0 Å². The summed E-state index contributed by atoms with van der Waals surface area (Å²) in [5.74, 6) is 0.241. The van der Waals surface area contributed by atoms with Gasteiger partial charge < -0.3 is 9.64 Å². The SMILES string of the molecule is CCC(CC)C(=O)N1CCc2nc(NC(=O)C3CCCO3)sc2C1. The van der Waals surface area contributed by atoms with Crippen molar-refractivity contribution < 1.29 is 14.3 Å². The smallest absolute Gasteiger partial charge is 0.255 e. The van der Waals surface area contributed by atoms with Crippen LogP contribution in [0.15, 0.2) is 0 Å². The zero-order valence-corrected chi connectivity index (χ0v) is 15.2. The minimum atomic E-state index is -0.348. The molecule has 1 aromatic rings. The Morgan fingerprint density at radius 3 is 2.88 bits per heavy atom.